The van der Waals surface area contributed by atoms with Gasteiger partial charge in [0, 0.05) is 6.92 Å². The van der Waals surface area contributed by atoms with E-state index < -0.39 is 5.78 Å². The Balaban J connectivity index is 3.13. The van der Waals surface area contributed by atoms with E-state index in [1.165, 1.54) is 11.7 Å². The van der Waals surface area contributed by atoms with E-state index in [1.54, 1.807) is 7.05 Å². The summed E-state index contributed by atoms with van der Waals surface area (Å²) in [5.74, 6) is -0.391. The largest absolute Gasteiger partial charge is 0.405 e. The summed E-state index contributed by atoms with van der Waals surface area (Å²) in [5, 5.41) is 10.7. The van der Waals surface area contributed by atoms with Crippen LogP contribution in [0.3, 0.4) is 0 Å². The third-order valence-corrected chi connectivity index (χ3v) is 1.15. The molecule has 7 nitrogen and oxygen atoms in total. The summed E-state index contributed by atoms with van der Waals surface area (Å²) in [5.41, 5.74) is 8.22. The number of Topliss-reactive ketones (excluding diaryl/α,β-unsaturated/α-hetero) is 1. The van der Waals surface area contributed by atoms with Crippen LogP contribution in [-0.2, 0) is 11.8 Å². The molecule has 0 aliphatic carbocycles. The first-order valence-electron chi connectivity index (χ1n) is 3.12. The molecule has 1 aromatic heterocycles. The molecule has 0 unspecified atom stereocenters. The van der Waals surface area contributed by atoms with Crippen LogP contribution in [0.15, 0.2) is 0 Å². The molecule has 0 saturated heterocycles. The molecule has 0 aliphatic heterocycles. The Morgan fingerprint density at radius 3 is 2.67 bits per heavy atom. The van der Waals surface area contributed by atoms with E-state index in [2.05, 4.69) is 20.2 Å². The molecule has 1 heterocycles. The minimum atomic E-state index is -0.412. The number of rotatable bonds is 2. The highest BCUT2D eigenvalue weighted by molar-refractivity contribution is 6.41. The number of tetrazole rings is 1. The SMILES string of the molecule is CC(=O)C(=[N+]=[N-])c1nnn(C)n1. The highest BCUT2D eigenvalue weighted by Crippen LogP contribution is 1.87. The lowest BCUT2D eigenvalue weighted by Crippen LogP contribution is -2.15. The number of hydrogen-bond donors (Lipinski definition) is 0. The van der Waals surface area contributed by atoms with Gasteiger partial charge in [-0.15, -0.1) is 5.10 Å². The molecule has 0 N–H and O–H groups in total. The zero-order valence-corrected chi connectivity index (χ0v) is 6.59. The minimum Gasteiger partial charge on any atom is -0.360 e. The van der Waals surface area contributed by atoms with Crippen LogP contribution in [0, 0.1) is 0 Å². The van der Waals surface area contributed by atoms with Gasteiger partial charge in [0.15, 0.2) is 0 Å². The fourth-order valence-electron chi connectivity index (χ4n) is 0.651. The van der Waals surface area contributed by atoms with Crippen LogP contribution in [0.5, 0.6) is 0 Å². The van der Waals surface area contributed by atoms with Crippen molar-refractivity contribution in [3.05, 3.63) is 11.4 Å². The maximum absolute atomic E-state index is 10.8. The molecule has 0 aliphatic rings. The molecule has 1 aromatic rings. The third kappa shape index (κ3) is 1.40. The lowest BCUT2D eigenvalue weighted by molar-refractivity contribution is -0.115. The van der Waals surface area contributed by atoms with Gasteiger partial charge in [-0.05, 0) is 5.21 Å². The van der Waals surface area contributed by atoms with E-state index in [-0.39, 0.29) is 11.5 Å². The van der Waals surface area contributed by atoms with Crippen molar-refractivity contribution < 1.29 is 9.58 Å². The molecule has 0 amide bonds. The van der Waals surface area contributed by atoms with Crippen molar-refractivity contribution in [3.63, 3.8) is 0 Å². The first-order chi connectivity index (χ1) is 5.65. The second kappa shape index (κ2) is 3.02. The normalized spacial score (nSPS) is 9.17. The van der Waals surface area contributed by atoms with Gasteiger partial charge in [0.1, 0.15) is 0 Å². The van der Waals surface area contributed by atoms with Crippen molar-refractivity contribution >= 4 is 11.5 Å². The van der Waals surface area contributed by atoms with Gasteiger partial charge in [0.2, 0.25) is 5.78 Å². The Bertz CT molecular complexity index is 360. The standard InChI is InChI=1S/C5H6N6O/c1-3(12)4(7-6)5-8-10-11(2)9-5/h1-2H3. The van der Waals surface area contributed by atoms with Crippen LogP contribution in [0.2, 0.25) is 0 Å². The smallest absolute Gasteiger partial charge is 0.360 e. The van der Waals surface area contributed by atoms with Gasteiger partial charge in [0.25, 0.3) is 5.82 Å². The van der Waals surface area contributed by atoms with E-state index in [0.717, 1.165) is 0 Å². The second-order valence-electron chi connectivity index (χ2n) is 2.11. The molecule has 0 atom stereocenters. The molecule has 0 fully saturated rings. The Hall–Kier alpha value is -1.88. The van der Waals surface area contributed by atoms with Crippen LogP contribution in [0.1, 0.15) is 12.7 Å². The predicted octanol–water partition coefficient (Wildman–Crippen LogP) is -1.18. The number of hydrogen-bond acceptors (Lipinski definition) is 4. The number of carbonyl (C=O) groups is 1. The topological polar surface area (TPSA) is 97.1 Å². The quantitative estimate of drug-likeness (QED) is 0.313. The van der Waals surface area contributed by atoms with Crippen molar-refractivity contribution in [3.8, 4) is 0 Å². The Morgan fingerprint density at radius 2 is 2.33 bits per heavy atom. The third-order valence-electron chi connectivity index (χ3n) is 1.15. The zero-order valence-electron chi connectivity index (χ0n) is 6.59. The van der Waals surface area contributed by atoms with Gasteiger partial charge in [-0.1, -0.05) is 5.10 Å². The summed E-state index contributed by atoms with van der Waals surface area (Å²) in [4.78, 5) is 14.7. The van der Waals surface area contributed by atoms with Gasteiger partial charge in [-0.2, -0.15) is 9.59 Å². The second-order valence-corrected chi connectivity index (χ2v) is 2.11. The lowest BCUT2D eigenvalue weighted by atomic mass is 10.3. The molecule has 0 spiro atoms. The fraction of sp³-hybridized carbons (Fsp3) is 0.400. The molecular weight excluding hydrogens is 160 g/mol. The summed E-state index contributed by atoms with van der Waals surface area (Å²) < 4.78 is 0. The monoisotopic (exact) mass is 166 g/mol. The molecular formula is C5H6N6O. The zero-order chi connectivity index (χ0) is 9.14. The Morgan fingerprint density at radius 1 is 1.67 bits per heavy atom. The van der Waals surface area contributed by atoms with Crippen LogP contribution in [0.4, 0.5) is 0 Å². The molecule has 0 saturated carbocycles. The number of aryl methyl sites for hydroxylation is 1. The first kappa shape index (κ1) is 8.22. The van der Waals surface area contributed by atoms with Crippen LogP contribution in [0.25, 0.3) is 5.53 Å². The average molecular weight is 166 g/mol. The predicted molar refractivity (Wildman–Crippen MR) is 37.2 cm³/mol. The van der Waals surface area contributed by atoms with Crippen LogP contribution >= 0.6 is 0 Å². The number of nitrogens with zero attached hydrogens (tertiary/aromatic N) is 6. The van der Waals surface area contributed by atoms with Crippen molar-refractivity contribution in [1.82, 2.24) is 20.2 Å². The summed E-state index contributed by atoms with van der Waals surface area (Å²) >= 11 is 0. The number of aromatic nitrogens is 4. The van der Waals surface area contributed by atoms with Gasteiger partial charge >= 0.3 is 5.71 Å². The summed E-state index contributed by atoms with van der Waals surface area (Å²) in [6.07, 6.45) is 0. The molecule has 0 aromatic carbocycles. The number of ketones is 1. The first-order valence-corrected chi connectivity index (χ1v) is 3.12. The molecule has 1 rings (SSSR count). The molecule has 0 bridgehead atoms. The molecule has 0 radical (unpaired) electrons. The van der Waals surface area contributed by atoms with Gasteiger partial charge in [-0.3, -0.25) is 4.79 Å². The van der Waals surface area contributed by atoms with Crippen LogP contribution < -0.4 is 0 Å². The molecule has 12 heavy (non-hydrogen) atoms. The summed E-state index contributed by atoms with van der Waals surface area (Å²) in [6, 6.07) is 0. The summed E-state index contributed by atoms with van der Waals surface area (Å²) in [6.45, 7) is 1.26. The maximum Gasteiger partial charge on any atom is 0.405 e. The fourth-order valence-corrected chi connectivity index (χ4v) is 0.651. The van der Waals surface area contributed by atoms with Crippen molar-refractivity contribution in [1.29, 1.82) is 0 Å². The maximum atomic E-state index is 10.8. The van der Waals surface area contributed by atoms with Gasteiger partial charge in [0.05, 0.1) is 7.05 Å². The highest BCUT2D eigenvalue weighted by atomic mass is 16.1. The van der Waals surface area contributed by atoms with E-state index in [4.69, 9.17) is 5.53 Å². The van der Waals surface area contributed by atoms with E-state index in [1.807, 2.05) is 0 Å². The lowest BCUT2D eigenvalue weighted by Gasteiger charge is -1.80. The van der Waals surface area contributed by atoms with E-state index in [9.17, 15) is 4.79 Å². The minimum absolute atomic E-state index is 0.0208. The van der Waals surface area contributed by atoms with Gasteiger partial charge < -0.3 is 5.53 Å². The molecule has 7 heteroatoms. The Labute approximate surface area is 67.6 Å². The van der Waals surface area contributed by atoms with E-state index in [0.29, 0.717) is 0 Å². The van der Waals surface area contributed by atoms with Gasteiger partial charge in [-0.25, -0.2) is 0 Å². The molecule has 62 valence electrons. The highest BCUT2D eigenvalue weighted by Gasteiger charge is 2.23. The van der Waals surface area contributed by atoms with Crippen LogP contribution in [-0.4, -0.2) is 36.5 Å². The van der Waals surface area contributed by atoms with E-state index >= 15 is 0 Å². The Kier molecular flexibility index (Phi) is 2.07. The average Bonchev–Trinajstić information content (AvgIpc) is 2.37. The van der Waals surface area contributed by atoms with Crippen molar-refractivity contribution in [2.24, 2.45) is 7.05 Å². The number of carbonyl (C=O) groups excluding carboxylic acids is 1. The van der Waals surface area contributed by atoms with Crippen molar-refractivity contribution in [2.45, 2.75) is 6.92 Å². The van der Waals surface area contributed by atoms with Crippen molar-refractivity contribution in [2.75, 3.05) is 0 Å². The summed E-state index contributed by atoms with van der Waals surface area (Å²) in [7, 11) is 1.55.